The molecule has 0 saturated carbocycles. The number of thioether (sulfide) groups is 1. The van der Waals surface area contributed by atoms with Crippen LogP contribution in [0.25, 0.3) is 16.7 Å². The third-order valence-electron chi connectivity index (χ3n) is 4.52. The number of amides is 1. The van der Waals surface area contributed by atoms with E-state index < -0.39 is 5.25 Å². The molecule has 1 amide bonds. The Bertz CT molecular complexity index is 1220. The number of hydrogen-bond donors (Lipinski definition) is 1. The third kappa shape index (κ3) is 4.08. The molecule has 1 atom stereocenters. The molecule has 7 nitrogen and oxygen atoms in total. The number of ketones is 1. The largest absolute Gasteiger partial charge is 0.325 e. The van der Waals surface area contributed by atoms with E-state index in [9.17, 15) is 9.59 Å². The summed E-state index contributed by atoms with van der Waals surface area (Å²) in [6.07, 6.45) is 3.19. The molecule has 8 heteroatoms. The quantitative estimate of drug-likeness (QED) is 0.288. The predicted molar refractivity (Wildman–Crippen MR) is 117 cm³/mol. The number of rotatable bonds is 6. The lowest BCUT2D eigenvalue weighted by Gasteiger charge is -2.12. The van der Waals surface area contributed by atoms with Crippen LogP contribution in [0.3, 0.4) is 0 Å². The molecule has 4 aromatic rings. The first kappa shape index (κ1) is 19.8. The second kappa shape index (κ2) is 8.46. The number of nitrogens with one attached hydrogen (secondary N) is 1. The summed E-state index contributed by atoms with van der Waals surface area (Å²) in [5, 5.41) is 8.35. The van der Waals surface area contributed by atoms with E-state index in [1.807, 2.05) is 37.3 Å². The first-order chi connectivity index (χ1) is 14.5. The van der Waals surface area contributed by atoms with Crippen LogP contribution in [0.15, 0.2) is 72.1 Å². The summed E-state index contributed by atoms with van der Waals surface area (Å²) < 4.78 is 1.75. The van der Waals surface area contributed by atoms with Crippen molar-refractivity contribution < 1.29 is 9.59 Å². The van der Waals surface area contributed by atoms with Gasteiger partial charge in [-0.3, -0.25) is 9.59 Å². The smallest absolute Gasteiger partial charge is 0.237 e. The Hall–Kier alpha value is -3.52. The number of fused-ring (bicyclic) bond motifs is 1. The van der Waals surface area contributed by atoms with E-state index in [-0.39, 0.29) is 11.7 Å². The lowest BCUT2D eigenvalue weighted by Crippen LogP contribution is -2.22. The summed E-state index contributed by atoms with van der Waals surface area (Å²) in [4.78, 5) is 33.0. The molecule has 150 valence electrons. The molecule has 2 aromatic heterocycles. The Morgan fingerprint density at radius 1 is 1.07 bits per heavy atom. The zero-order valence-corrected chi connectivity index (χ0v) is 17.3. The van der Waals surface area contributed by atoms with Crippen LogP contribution >= 0.6 is 11.8 Å². The average Bonchev–Trinajstić information content (AvgIpc) is 3.19. The van der Waals surface area contributed by atoms with Crippen LogP contribution in [-0.2, 0) is 4.79 Å². The van der Waals surface area contributed by atoms with Gasteiger partial charge in [-0.1, -0.05) is 42.1 Å². The van der Waals surface area contributed by atoms with E-state index in [0.29, 0.717) is 21.9 Å². The highest BCUT2D eigenvalue weighted by Gasteiger charge is 2.19. The van der Waals surface area contributed by atoms with Crippen LogP contribution in [0.4, 0.5) is 5.69 Å². The predicted octanol–water partition coefficient (Wildman–Crippen LogP) is 4.14. The van der Waals surface area contributed by atoms with Gasteiger partial charge in [0.05, 0.1) is 22.5 Å². The molecule has 2 heterocycles. The number of anilines is 1. The second-order valence-electron chi connectivity index (χ2n) is 6.69. The molecule has 30 heavy (non-hydrogen) atoms. The summed E-state index contributed by atoms with van der Waals surface area (Å²) >= 11 is 1.34. The van der Waals surface area contributed by atoms with Gasteiger partial charge >= 0.3 is 0 Å². The van der Waals surface area contributed by atoms with E-state index in [2.05, 4.69) is 20.4 Å². The minimum atomic E-state index is -0.413. The van der Waals surface area contributed by atoms with Gasteiger partial charge in [-0.15, -0.1) is 0 Å². The molecule has 0 aliphatic carbocycles. The van der Waals surface area contributed by atoms with E-state index in [0.717, 1.165) is 11.1 Å². The fourth-order valence-electron chi connectivity index (χ4n) is 2.96. The monoisotopic (exact) mass is 417 g/mol. The zero-order valence-electron chi connectivity index (χ0n) is 16.4. The van der Waals surface area contributed by atoms with E-state index in [1.165, 1.54) is 25.0 Å². The standard InChI is InChI=1S/C22H19N5O2S/c1-14(28)16-7-6-8-17(11-16)26-21(29)15(2)30-22-19-12-25-27(20(19)23-13-24-22)18-9-4-3-5-10-18/h3-13,15H,1-2H3,(H,26,29)/t15-/m0/s1. The number of carbonyl (C=O) groups excluding carboxylic acids is 2. The number of nitrogens with zero attached hydrogens (tertiary/aromatic N) is 4. The number of para-hydroxylation sites is 1. The Kier molecular flexibility index (Phi) is 5.58. The molecule has 2 aromatic carbocycles. The van der Waals surface area contributed by atoms with Gasteiger partial charge in [-0.25, -0.2) is 14.6 Å². The molecular formula is C22H19N5O2S. The van der Waals surface area contributed by atoms with Crippen LogP contribution in [0, 0.1) is 0 Å². The Morgan fingerprint density at radius 2 is 1.87 bits per heavy atom. The highest BCUT2D eigenvalue weighted by atomic mass is 32.2. The van der Waals surface area contributed by atoms with Crippen LogP contribution in [0.5, 0.6) is 0 Å². The first-order valence-electron chi connectivity index (χ1n) is 9.35. The van der Waals surface area contributed by atoms with Gasteiger partial charge in [0.1, 0.15) is 11.4 Å². The van der Waals surface area contributed by atoms with Crippen molar-refractivity contribution in [3.63, 3.8) is 0 Å². The summed E-state index contributed by atoms with van der Waals surface area (Å²) in [6.45, 7) is 3.31. The van der Waals surface area contributed by atoms with Crippen molar-refractivity contribution in [3.05, 3.63) is 72.7 Å². The highest BCUT2D eigenvalue weighted by molar-refractivity contribution is 8.00. The van der Waals surface area contributed by atoms with Crippen molar-refractivity contribution in [1.29, 1.82) is 0 Å². The lowest BCUT2D eigenvalue weighted by molar-refractivity contribution is -0.115. The van der Waals surface area contributed by atoms with E-state index in [4.69, 9.17) is 0 Å². The Morgan fingerprint density at radius 3 is 2.63 bits per heavy atom. The fourth-order valence-corrected chi connectivity index (χ4v) is 3.84. The molecule has 0 radical (unpaired) electrons. The minimum absolute atomic E-state index is 0.0488. The SMILES string of the molecule is CC(=O)c1cccc(NC(=O)[C@H](C)Sc2ncnc3c2cnn3-c2ccccc2)c1. The van der Waals surface area contributed by atoms with Crippen molar-refractivity contribution in [1.82, 2.24) is 19.7 Å². The van der Waals surface area contributed by atoms with Crippen LogP contribution in [0.2, 0.25) is 0 Å². The van der Waals surface area contributed by atoms with Crippen LogP contribution in [0.1, 0.15) is 24.2 Å². The summed E-state index contributed by atoms with van der Waals surface area (Å²) in [6, 6.07) is 16.6. The third-order valence-corrected chi connectivity index (χ3v) is 5.64. The molecular weight excluding hydrogens is 398 g/mol. The number of hydrogen-bond acceptors (Lipinski definition) is 6. The Balaban J connectivity index is 1.54. The molecule has 0 saturated heterocycles. The van der Waals surface area contributed by atoms with Gasteiger partial charge in [0.2, 0.25) is 5.91 Å². The second-order valence-corrected chi connectivity index (χ2v) is 8.02. The minimum Gasteiger partial charge on any atom is -0.325 e. The highest BCUT2D eigenvalue weighted by Crippen LogP contribution is 2.29. The molecule has 0 bridgehead atoms. The Labute approximate surface area is 177 Å². The fraction of sp³-hybridized carbons (Fsp3) is 0.136. The summed E-state index contributed by atoms with van der Waals surface area (Å²) in [5.74, 6) is -0.227. The maximum absolute atomic E-state index is 12.7. The van der Waals surface area contributed by atoms with Gasteiger partial charge in [-0.2, -0.15) is 5.10 Å². The average molecular weight is 417 g/mol. The van der Waals surface area contributed by atoms with Gasteiger partial charge in [0.25, 0.3) is 0 Å². The summed E-state index contributed by atoms with van der Waals surface area (Å²) in [5.41, 5.74) is 2.72. The maximum Gasteiger partial charge on any atom is 0.237 e. The number of Topliss-reactive ketones (excluding diaryl/α,β-unsaturated/α-hetero) is 1. The normalized spacial score (nSPS) is 11.9. The van der Waals surface area contributed by atoms with Gasteiger partial charge in [0, 0.05) is 11.3 Å². The van der Waals surface area contributed by atoms with Crippen molar-refractivity contribution in [2.45, 2.75) is 24.1 Å². The summed E-state index contributed by atoms with van der Waals surface area (Å²) in [7, 11) is 0. The number of aromatic nitrogens is 4. The number of benzene rings is 2. The number of carbonyl (C=O) groups is 2. The topological polar surface area (TPSA) is 89.8 Å². The van der Waals surface area contributed by atoms with Crippen molar-refractivity contribution in [2.75, 3.05) is 5.32 Å². The van der Waals surface area contributed by atoms with Crippen LogP contribution in [-0.4, -0.2) is 36.7 Å². The molecule has 0 unspecified atom stereocenters. The molecule has 4 rings (SSSR count). The molecule has 0 spiro atoms. The maximum atomic E-state index is 12.7. The molecule has 0 aliphatic heterocycles. The lowest BCUT2D eigenvalue weighted by atomic mass is 10.1. The van der Waals surface area contributed by atoms with Gasteiger partial charge in [-0.05, 0) is 38.1 Å². The van der Waals surface area contributed by atoms with Crippen molar-refractivity contribution >= 4 is 40.2 Å². The first-order valence-corrected chi connectivity index (χ1v) is 10.2. The van der Waals surface area contributed by atoms with E-state index >= 15 is 0 Å². The van der Waals surface area contributed by atoms with Crippen molar-refractivity contribution in [3.8, 4) is 5.69 Å². The van der Waals surface area contributed by atoms with Gasteiger partial charge < -0.3 is 5.32 Å². The van der Waals surface area contributed by atoms with E-state index in [1.54, 1.807) is 35.1 Å². The van der Waals surface area contributed by atoms with Crippen molar-refractivity contribution in [2.24, 2.45) is 0 Å². The van der Waals surface area contributed by atoms with Crippen LogP contribution < -0.4 is 5.32 Å². The zero-order chi connectivity index (χ0) is 21.1. The molecule has 0 fully saturated rings. The molecule has 1 N–H and O–H groups in total. The van der Waals surface area contributed by atoms with Gasteiger partial charge in [0.15, 0.2) is 11.4 Å². The molecule has 0 aliphatic rings.